The van der Waals surface area contributed by atoms with Crippen molar-refractivity contribution in [3.8, 4) is 0 Å². The Balaban J connectivity index is 2.86. The monoisotopic (exact) mass is 301 g/mol. The summed E-state index contributed by atoms with van der Waals surface area (Å²) in [5.41, 5.74) is -0.0501. The maximum Gasteiger partial charge on any atom is 0.257 e. The van der Waals surface area contributed by atoms with Gasteiger partial charge in [0.1, 0.15) is 11.0 Å². The Kier molecular flexibility index (Phi) is 5.88. The zero-order chi connectivity index (χ0) is 15.3. The van der Waals surface area contributed by atoms with Gasteiger partial charge in [-0.1, -0.05) is 11.6 Å². The highest BCUT2D eigenvalue weighted by molar-refractivity contribution is 6.32. The van der Waals surface area contributed by atoms with Crippen molar-refractivity contribution in [2.45, 2.75) is 26.8 Å². The van der Waals surface area contributed by atoms with Crippen LogP contribution in [-0.2, 0) is 4.79 Å². The topological polar surface area (TPSA) is 62.3 Å². The van der Waals surface area contributed by atoms with Gasteiger partial charge >= 0.3 is 0 Å². The second-order valence-corrected chi connectivity index (χ2v) is 4.89. The van der Waals surface area contributed by atoms with E-state index in [4.69, 9.17) is 11.6 Å². The molecule has 0 fully saturated rings. The number of rotatable bonds is 5. The Morgan fingerprint density at radius 3 is 2.70 bits per heavy atom. The van der Waals surface area contributed by atoms with Gasteiger partial charge in [0.15, 0.2) is 0 Å². The van der Waals surface area contributed by atoms with Crippen LogP contribution in [0.5, 0.6) is 0 Å². The number of pyridine rings is 1. The van der Waals surface area contributed by atoms with Crippen LogP contribution in [0.1, 0.15) is 31.1 Å². The fourth-order valence-electron chi connectivity index (χ4n) is 1.61. The summed E-state index contributed by atoms with van der Waals surface area (Å²) in [6, 6.07) is 0.997. The molecule has 1 aromatic heterocycles. The third-order valence-corrected chi connectivity index (χ3v) is 2.79. The third kappa shape index (κ3) is 4.45. The van der Waals surface area contributed by atoms with Gasteiger partial charge in [0.2, 0.25) is 5.91 Å². The smallest absolute Gasteiger partial charge is 0.257 e. The summed E-state index contributed by atoms with van der Waals surface area (Å²) < 4.78 is 13.1. The Hall–Kier alpha value is -1.69. The molecule has 0 aliphatic rings. The number of hydrogen-bond donors (Lipinski definition) is 1. The summed E-state index contributed by atoms with van der Waals surface area (Å²) in [6.45, 7) is 5.56. The summed E-state index contributed by atoms with van der Waals surface area (Å²) in [5.74, 6) is -1.46. The van der Waals surface area contributed by atoms with E-state index in [1.807, 2.05) is 13.8 Å². The van der Waals surface area contributed by atoms with Gasteiger partial charge in [0, 0.05) is 12.6 Å². The summed E-state index contributed by atoms with van der Waals surface area (Å²) >= 11 is 5.79. The average molecular weight is 302 g/mol. The van der Waals surface area contributed by atoms with E-state index in [2.05, 4.69) is 10.3 Å². The molecule has 0 aliphatic carbocycles. The molecule has 5 nitrogen and oxygen atoms in total. The fourth-order valence-corrected chi connectivity index (χ4v) is 1.80. The van der Waals surface area contributed by atoms with Crippen molar-refractivity contribution < 1.29 is 14.0 Å². The van der Waals surface area contributed by atoms with Crippen LogP contribution in [0.3, 0.4) is 0 Å². The lowest BCUT2D eigenvalue weighted by molar-refractivity contribution is -0.122. The second kappa shape index (κ2) is 7.19. The molecule has 7 heteroatoms. The molecule has 20 heavy (non-hydrogen) atoms. The van der Waals surface area contributed by atoms with Crippen molar-refractivity contribution in [3.63, 3.8) is 0 Å². The first-order valence-electron chi connectivity index (χ1n) is 6.24. The number of nitrogens with zero attached hydrogens (tertiary/aromatic N) is 2. The van der Waals surface area contributed by atoms with Crippen LogP contribution in [0.4, 0.5) is 4.39 Å². The van der Waals surface area contributed by atoms with Crippen LogP contribution in [0.2, 0.25) is 5.15 Å². The molecule has 0 unspecified atom stereocenters. The molecule has 0 bridgehead atoms. The van der Waals surface area contributed by atoms with Crippen LogP contribution in [-0.4, -0.2) is 40.8 Å². The molecule has 0 aliphatic heterocycles. The van der Waals surface area contributed by atoms with Crippen molar-refractivity contribution in [1.82, 2.24) is 15.2 Å². The van der Waals surface area contributed by atoms with Crippen molar-refractivity contribution in [2.75, 3.05) is 13.1 Å². The molecule has 2 amide bonds. The van der Waals surface area contributed by atoms with Crippen molar-refractivity contribution >= 4 is 23.4 Å². The Labute approximate surface area is 122 Å². The molecule has 0 saturated carbocycles. The molecule has 0 atom stereocenters. The Bertz CT molecular complexity index is 508. The molecule has 1 rings (SSSR count). The van der Waals surface area contributed by atoms with Gasteiger partial charge in [-0.3, -0.25) is 9.59 Å². The van der Waals surface area contributed by atoms with E-state index >= 15 is 0 Å². The van der Waals surface area contributed by atoms with Gasteiger partial charge in [-0.15, -0.1) is 0 Å². The normalized spacial score (nSPS) is 10.5. The minimum Gasteiger partial charge on any atom is -0.352 e. The van der Waals surface area contributed by atoms with Crippen LogP contribution in [0.25, 0.3) is 0 Å². The van der Waals surface area contributed by atoms with Crippen molar-refractivity contribution in [1.29, 1.82) is 0 Å². The van der Waals surface area contributed by atoms with Crippen molar-refractivity contribution in [3.05, 3.63) is 28.8 Å². The third-order valence-electron chi connectivity index (χ3n) is 2.49. The lowest BCUT2D eigenvalue weighted by atomic mass is 10.2. The Morgan fingerprint density at radius 2 is 2.15 bits per heavy atom. The van der Waals surface area contributed by atoms with E-state index in [-0.39, 0.29) is 29.2 Å². The van der Waals surface area contributed by atoms with Gasteiger partial charge in [-0.2, -0.15) is 0 Å². The van der Waals surface area contributed by atoms with Gasteiger partial charge in [-0.05, 0) is 26.8 Å². The van der Waals surface area contributed by atoms with Crippen LogP contribution < -0.4 is 5.32 Å². The zero-order valence-corrected chi connectivity index (χ0v) is 12.4. The number of likely N-dealkylation sites (N-methyl/N-ethyl adjacent to an activating group) is 1. The number of aromatic nitrogens is 1. The first-order valence-corrected chi connectivity index (χ1v) is 6.62. The SMILES string of the molecule is CCN(CC(=O)NC(C)C)C(=O)c1cc(F)cnc1Cl. The van der Waals surface area contributed by atoms with E-state index in [1.165, 1.54) is 4.90 Å². The standard InChI is InChI=1S/C13H17ClFN3O2/c1-4-18(7-11(19)17-8(2)3)13(20)10-5-9(15)6-16-12(10)14/h5-6,8H,4,7H2,1-3H3,(H,17,19). The van der Waals surface area contributed by atoms with E-state index in [9.17, 15) is 14.0 Å². The van der Waals surface area contributed by atoms with Gasteiger partial charge in [0.25, 0.3) is 5.91 Å². The maximum atomic E-state index is 13.1. The molecule has 0 aromatic carbocycles. The number of carbonyl (C=O) groups excluding carboxylic acids is 2. The molecule has 1 N–H and O–H groups in total. The molecule has 0 radical (unpaired) electrons. The number of halogens is 2. The minimum absolute atomic E-state index is 0.0178. The number of hydrogen-bond acceptors (Lipinski definition) is 3. The summed E-state index contributed by atoms with van der Waals surface area (Å²) in [5, 5.41) is 2.60. The number of amides is 2. The highest BCUT2D eigenvalue weighted by atomic mass is 35.5. The molecule has 0 spiro atoms. The zero-order valence-electron chi connectivity index (χ0n) is 11.6. The minimum atomic E-state index is -0.652. The largest absolute Gasteiger partial charge is 0.352 e. The van der Waals surface area contributed by atoms with E-state index < -0.39 is 11.7 Å². The molecule has 0 saturated heterocycles. The fraction of sp³-hybridized carbons (Fsp3) is 0.462. The maximum absolute atomic E-state index is 13.1. The quantitative estimate of drug-likeness (QED) is 0.844. The van der Waals surface area contributed by atoms with E-state index in [0.717, 1.165) is 12.3 Å². The van der Waals surface area contributed by atoms with Crippen LogP contribution in [0, 0.1) is 5.82 Å². The summed E-state index contributed by atoms with van der Waals surface area (Å²) in [7, 11) is 0. The van der Waals surface area contributed by atoms with Gasteiger partial charge in [-0.25, -0.2) is 9.37 Å². The van der Waals surface area contributed by atoms with Gasteiger partial charge < -0.3 is 10.2 Å². The highest BCUT2D eigenvalue weighted by Crippen LogP contribution is 2.16. The predicted octanol–water partition coefficient (Wildman–Crippen LogP) is 1.86. The first kappa shape index (κ1) is 16.4. The molecule has 1 heterocycles. The first-order chi connectivity index (χ1) is 9.35. The lowest BCUT2D eigenvalue weighted by Gasteiger charge is -2.21. The van der Waals surface area contributed by atoms with Crippen molar-refractivity contribution in [2.24, 2.45) is 0 Å². The molecular weight excluding hydrogens is 285 g/mol. The lowest BCUT2D eigenvalue weighted by Crippen LogP contribution is -2.42. The summed E-state index contributed by atoms with van der Waals surface area (Å²) in [6.07, 6.45) is 0.931. The molecule has 1 aromatic rings. The van der Waals surface area contributed by atoms with Crippen LogP contribution >= 0.6 is 11.6 Å². The molecule has 110 valence electrons. The predicted molar refractivity (Wildman–Crippen MR) is 74.1 cm³/mol. The summed E-state index contributed by atoms with van der Waals surface area (Å²) in [4.78, 5) is 28.8. The number of carbonyl (C=O) groups is 2. The number of nitrogens with one attached hydrogen (secondary N) is 1. The van der Waals surface area contributed by atoms with Crippen LogP contribution in [0.15, 0.2) is 12.3 Å². The average Bonchev–Trinajstić information content (AvgIpc) is 2.37. The van der Waals surface area contributed by atoms with E-state index in [0.29, 0.717) is 6.54 Å². The van der Waals surface area contributed by atoms with E-state index in [1.54, 1.807) is 6.92 Å². The van der Waals surface area contributed by atoms with Gasteiger partial charge in [0.05, 0.1) is 18.3 Å². The Morgan fingerprint density at radius 1 is 1.50 bits per heavy atom. The second-order valence-electron chi connectivity index (χ2n) is 4.53. The molecular formula is C13H17ClFN3O2. The highest BCUT2D eigenvalue weighted by Gasteiger charge is 2.21.